The maximum Gasteiger partial charge on any atom is 0.218 e. The van der Waals surface area contributed by atoms with E-state index in [1.54, 1.807) is 12.4 Å². The zero-order chi connectivity index (χ0) is 14.4. The average molecular weight is 272 g/mol. The number of nitrogens with zero attached hydrogens (tertiary/aromatic N) is 3. The first kappa shape index (κ1) is 14.2. The highest BCUT2D eigenvalue weighted by Crippen LogP contribution is 2.15. The van der Waals surface area contributed by atoms with Crippen LogP contribution in [0.15, 0.2) is 30.6 Å². The van der Waals surface area contributed by atoms with Gasteiger partial charge in [0, 0.05) is 25.0 Å². The first-order chi connectivity index (χ1) is 9.63. The zero-order valence-corrected chi connectivity index (χ0v) is 12.1. The van der Waals surface area contributed by atoms with Gasteiger partial charge in [-0.05, 0) is 30.5 Å². The molecule has 1 N–H and O–H groups in total. The lowest BCUT2D eigenvalue weighted by atomic mass is 10.2. The largest absolute Gasteiger partial charge is 0.477 e. The maximum atomic E-state index is 5.64. The number of nitrogens with one attached hydrogen (secondary N) is 1. The second kappa shape index (κ2) is 6.84. The Morgan fingerprint density at radius 2 is 1.95 bits per heavy atom. The predicted molar refractivity (Wildman–Crippen MR) is 78.7 cm³/mol. The van der Waals surface area contributed by atoms with Crippen molar-refractivity contribution in [2.45, 2.75) is 27.3 Å². The summed E-state index contributed by atoms with van der Waals surface area (Å²) in [6.07, 6.45) is 3.55. The number of aryl methyl sites for hydroxylation is 1. The highest BCUT2D eigenvalue weighted by atomic mass is 16.5. The molecule has 5 heteroatoms. The van der Waals surface area contributed by atoms with E-state index in [4.69, 9.17) is 4.74 Å². The maximum absolute atomic E-state index is 5.64. The summed E-state index contributed by atoms with van der Waals surface area (Å²) in [7, 11) is 0. The summed E-state index contributed by atoms with van der Waals surface area (Å²) in [5.74, 6) is 2.55. The Morgan fingerprint density at radius 1 is 1.20 bits per heavy atom. The zero-order valence-electron chi connectivity index (χ0n) is 12.1. The smallest absolute Gasteiger partial charge is 0.218 e. The lowest BCUT2D eigenvalue weighted by Crippen LogP contribution is -2.08. The van der Waals surface area contributed by atoms with Crippen LogP contribution in [0.2, 0.25) is 0 Å². The van der Waals surface area contributed by atoms with Gasteiger partial charge >= 0.3 is 0 Å². The molecule has 0 bridgehead atoms. The summed E-state index contributed by atoms with van der Waals surface area (Å²) in [6, 6.07) is 5.77. The van der Waals surface area contributed by atoms with Gasteiger partial charge in [0.05, 0.1) is 6.61 Å². The predicted octanol–water partition coefficient (Wildman–Crippen LogP) is 2.83. The van der Waals surface area contributed by atoms with Crippen molar-refractivity contribution in [3.05, 3.63) is 42.0 Å². The van der Waals surface area contributed by atoms with Crippen LogP contribution in [-0.2, 0) is 6.54 Å². The second-order valence-corrected chi connectivity index (χ2v) is 5.05. The van der Waals surface area contributed by atoms with E-state index in [0.717, 1.165) is 11.4 Å². The van der Waals surface area contributed by atoms with Crippen molar-refractivity contribution >= 4 is 5.82 Å². The van der Waals surface area contributed by atoms with Gasteiger partial charge in [0.1, 0.15) is 11.6 Å². The Morgan fingerprint density at radius 3 is 2.65 bits per heavy atom. The van der Waals surface area contributed by atoms with Crippen molar-refractivity contribution in [3.8, 4) is 5.88 Å². The number of hydrogen-bond acceptors (Lipinski definition) is 5. The Balaban J connectivity index is 2.00. The Hall–Kier alpha value is -2.17. The minimum atomic E-state index is 0.471. The first-order valence-corrected chi connectivity index (χ1v) is 6.75. The number of rotatable bonds is 6. The molecule has 2 aromatic heterocycles. The summed E-state index contributed by atoms with van der Waals surface area (Å²) in [5.41, 5.74) is 1.15. The summed E-state index contributed by atoms with van der Waals surface area (Å²) < 4.78 is 5.64. The minimum Gasteiger partial charge on any atom is -0.477 e. The molecule has 106 valence electrons. The van der Waals surface area contributed by atoms with Crippen LogP contribution in [0.3, 0.4) is 0 Å². The molecule has 0 atom stereocenters. The fourth-order valence-electron chi connectivity index (χ4n) is 1.65. The lowest BCUT2D eigenvalue weighted by molar-refractivity contribution is 0.260. The van der Waals surface area contributed by atoms with Crippen molar-refractivity contribution in [3.63, 3.8) is 0 Å². The van der Waals surface area contributed by atoms with E-state index in [1.807, 2.05) is 25.1 Å². The van der Waals surface area contributed by atoms with E-state index in [2.05, 4.69) is 34.1 Å². The SMILES string of the molecule is Cc1nc(NCc2ccncc2)cc(OCC(C)C)n1. The number of aromatic nitrogens is 3. The molecule has 0 aliphatic heterocycles. The Kier molecular flexibility index (Phi) is 4.87. The molecular formula is C15H20N4O. The van der Waals surface area contributed by atoms with Gasteiger partial charge < -0.3 is 10.1 Å². The van der Waals surface area contributed by atoms with Gasteiger partial charge in [0.25, 0.3) is 0 Å². The van der Waals surface area contributed by atoms with Crippen LogP contribution < -0.4 is 10.1 Å². The van der Waals surface area contributed by atoms with E-state index in [1.165, 1.54) is 0 Å². The van der Waals surface area contributed by atoms with E-state index in [0.29, 0.717) is 30.8 Å². The van der Waals surface area contributed by atoms with Crippen LogP contribution in [0, 0.1) is 12.8 Å². The van der Waals surface area contributed by atoms with Gasteiger partial charge in [0.15, 0.2) is 0 Å². The molecule has 0 radical (unpaired) electrons. The molecule has 20 heavy (non-hydrogen) atoms. The molecule has 0 amide bonds. The monoisotopic (exact) mass is 272 g/mol. The topological polar surface area (TPSA) is 59.9 Å². The van der Waals surface area contributed by atoms with Crippen molar-refractivity contribution in [1.29, 1.82) is 0 Å². The van der Waals surface area contributed by atoms with Crippen LogP contribution in [0.1, 0.15) is 25.2 Å². The third kappa shape index (κ3) is 4.50. The molecule has 0 aliphatic carbocycles. The van der Waals surface area contributed by atoms with Gasteiger partial charge in [-0.2, -0.15) is 4.98 Å². The fourth-order valence-corrected chi connectivity index (χ4v) is 1.65. The fraction of sp³-hybridized carbons (Fsp3) is 0.400. The molecule has 2 aromatic rings. The average Bonchev–Trinajstić information content (AvgIpc) is 2.44. The minimum absolute atomic E-state index is 0.471. The van der Waals surface area contributed by atoms with Crippen LogP contribution in [0.5, 0.6) is 5.88 Å². The molecule has 0 aliphatic rings. The third-order valence-corrected chi connectivity index (χ3v) is 2.60. The van der Waals surface area contributed by atoms with Crippen molar-refractivity contribution in [2.24, 2.45) is 5.92 Å². The van der Waals surface area contributed by atoms with Gasteiger partial charge in [-0.25, -0.2) is 4.98 Å². The normalized spacial score (nSPS) is 10.6. The molecule has 0 saturated carbocycles. The molecule has 0 fully saturated rings. The second-order valence-electron chi connectivity index (χ2n) is 5.05. The summed E-state index contributed by atoms with van der Waals surface area (Å²) in [6.45, 7) is 7.43. The molecule has 0 unspecified atom stereocenters. The number of anilines is 1. The summed E-state index contributed by atoms with van der Waals surface area (Å²) >= 11 is 0. The van der Waals surface area contributed by atoms with Crippen LogP contribution in [-0.4, -0.2) is 21.6 Å². The standard InChI is InChI=1S/C15H20N4O/c1-11(2)10-20-15-8-14(18-12(3)19-15)17-9-13-4-6-16-7-5-13/h4-8,11H,9-10H2,1-3H3,(H,17,18,19). The van der Waals surface area contributed by atoms with Crippen molar-refractivity contribution in [2.75, 3.05) is 11.9 Å². The molecule has 0 aromatic carbocycles. The van der Waals surface area contributed by atoms with Crippen LogP contribution in [0.4, 0.5) is 5.82 Å². The third-order valence-electron chi connectivity index (χ3n) is 2.60. The van der Waals surface area contributed by atoms with E-state index >= 15 is 0 Å². The number of pyridine rings is 1. The molecule has 0 saturated heterocycles. The van der Waals surface area contributed by atoms with Crippen LogP contribution >= 0.6 is 0 Å². The van der Waals surface area contributed by atoms with Crippen LogP contribution in [0.25, 0.3) is 0 Å². The molecule has 0 spiro atoms. The lowest BCUT2D eigenvalue weighted by Gasteiger charge is -2.11. The van der Waals surface area contributed by atoms with E-state index < -0.39 is 0 Å². The van der Waals surface area contributed by atoms with Gasteiger partial charge in [-0.15, -0.1) is 0 Å². The molecular weight excluding hydrogens is 252 g/mol. The molecule has 2 rings (SSSR count). The van der Waals surface area contributed by atoms with Gasteiger partial charge in [-0.3, -0.25) is 4.98 Å². The quantitative estimate of drug-likeness (QED) is 0.876. The Bertz CT molecular complexity index is 543. The Labute approximate surface area is 119 Å². The first-order valence-electron chi connectivity index (χ1n) is 6.75. The van der Waals surface area contributed by atoms with E-state index in [-0.39, 0.29) is 0 Å². The summed E-state index contributed by atoms with van der Waals surface area (Å²) in [5, 5.41) is 3.27. The van der Waals surface area contributed by atoms with E-state index in [9.17, 15) is 0 Å². The number of ether oxygens (including phenoxy) is 1. The molecule has 5 nitrogen and oxygen atoms in total. The molecule has 2 heterocycles. The highest BCUT2D eigenvalue weighted by Gasteiger charge is 2.04. The number of hydrogen-bond donors (Lipinski definition) is 1. The van der Waals surface area contributed by atoms with Gasteiger partial charge in [-0.1, -0.05) is 13.8 Å². The van der Waals surface area contributed by atoms with Gasteiger partial charge in [0.2, 0.25) is 5.88 Å². The summed E-state index contributed by atoms with van der Waals surface area (Å²) in [4.78, 5) is 12.6. The highest BCUT2D eigenvalue weighted by molar-refractivity contribution is 5.39. The van der Waals surface area contributed by atoms with Crippen molar-refractivity contribution in [1.82, 2.24) is 15.0 Å². The van der Waals surface area contributed by atoms with Crippen molar-refractivity contribution < 1.29 is 4.74 Å².